The van der Waals surface area contributed by atoms with E-state index >= 15 is 0 Å². The average Bonchev–Trinajstić information content (AvgIpc) is 2.48. The molecule has 0 saturated heterocycles. The molecule has 0 bridgehead atoms. The van der Waals surface area contributed by atoms with E-state index in [1.54, 1.807) is 18.5 Å². The van der Waals surface area contributed by atoms with Crippen molar-refractivity contribution in [3.8, 4) is 11.4 Å². The molecule has 118 valence electrons. The van der Waals surface area contributed by atoms with Gasteiger partial charge in [0.05, 0.1) is 28.3 Å². The van der Waals surface area contributed by atoms with Gasteiger partial charge in [0.15, 0.2) is 17.8 Å². The van der Waals surface area contributed by atoms with Crippen LogP contribution in [0.5, 0.6) is 0 Å². The third-order valence-corrected chi connectivity index (χ3v) is 3.88. The molecule has 5 heteroatoms. The maximum Gasteiger partial charge on any atom is 0.196 e. The largest absolute Gasteiger partial charge is 0.353 e. The minimum Gasteiger partial charge on any atom is -0.353 e. The monoisotopic (exact) mass is 309 g/mol. The molecule has 0 aliphatic rings. The van der Waals surface area contributed by atoms with Gasteiger partial charge in [-0.3, -0.25) is 9.78 Å². The van der Waals surface area contributed by atoms with Crippen molar-refractivity contribution in [3.05, 3.63) is 51.8 Å². The number of hydrogen-bond donors (Lipinski definition) is 1. The van der Waals surface area contributed by atoms with E-state index in [0.29, 0.717) is 11.1 Å². The Morgan fingerprint density at radius 3 is 2.57 bits per heavy atom. The molecule has 0 amide bonds. The first-order valence-corrected chi connectivity index (χ1v) is 7.66. The molecule has 0 unspecified atom stereocenters. The van der Waals surface area contributed by atoms with E-state index in [1.165, 1.54) is 0 Å². The molecule has 0 aromatic carbocycles. The Morgan fingerprint density at radius 1 is 1.13 bits per heavy atom. The molecule has 23 heavy (non-hydrogen) atoms. The summed E-state index contributed by atoms with van der Waals surface area (Å²) in [6, 6.07) is 3.43. The third-order valence-electron chi connectivity index (χ3n) is 3.88. The summed E-state index contributed by atoms with van der Waals surface area (Å²) in [6.45, 7) is 10.3. The fourth-order valence-corrected chi connectivity index (χ4v) is 2.83. The van der Waals surface area contributed by atoms with Crippen molar-refractivity contribution in [2.24, 2.45) is 0 Å². The van der Waals surface area contributed by atoms with Crippen LogP contribution in [0.1, 0.15) is 37.9 Å². The van der Waals surface area contributed by atoms with Crippen molar-refractivity contribution in [1.82, 2.24) is 15.0 Å². The second kappa shape index (κ2) is 5.26. The molecule has 0 fully saturated rings. The molecule has 0 radical (unpaired) electrons. The predicted octanol–water partition coefficient (Wildman–Crippen LogP) is 2.71. The van der Waals surface area contributed by atoms with E-state index in [1.807, 2.05) is 19.9 Å². The molecular weight excluding hydrogens is 288 g/mol. The zero-order valence-corrected chi connectivity index (χ0v) is 14.1. The van der Waals surface area contributed by atoms with Crippen LogP contribution in [-0.4, -0.2) is 15.0 Å². The highest BCUT2D eigenvalue weighted by Gasteiger charge is 2.21. The lowest BCUT2D eigenvalue weighted by molar-refractivity contribution is -0.375. The first-order valence-electron chi connectivity index (χ1n) is 7.66. The van der Waals surface area contributed by atoms with Crippen LogP contribution < -0.4 is 10.4 Å². The van der Waals surface area contributed by atoms with Crippen LogP contribution in [0.3, 0.4) is 0 Å². The van der Waals surface area contributed by atoms with Gasteiger partial charge in [-0.05, 0) is 13.8 Å². The summed E-state index contributed by atoms with van der Waals surface area (Å²) in [7, 11) is 0. The first-order chi connectivity index (χ1) is 10.8. The quantitative estimate of drug-likeness (QED) is 0.751. The van der Waals surface area contributed by atoms with Crippen molar-refractivity contribution in [2.45, 2.75) is 40.0 Å². The van der Waals surface area contributed by atoms with E-state index in [0.717, 1.165) is 28.3 Å². The number of aryl methyl sites for hydroxylation is 2. The smallest absolute Gasteiger partial charge is 0.196 e. The van der Waals surface area contributed by atoms with Crippen LogP contribution >= 0.6 is 0 Å². The van der Waals surface area contributed by atoms with Crippen LogP contribution in [0.15, 0.2) is 29.3 Å². The molecule has 0 saturated carbocycles. The van der Waals surface area contributed by atoms with E-state index in [2.05, 4.69) is 30.7 Å². The summed E-state index contributed by atoms with van der Waals surface area (Å²) < 4.78 is 0. The van der Waals surface area contributed by atoms with Crippen LogP contribution in [0, 0.1) is 13.8 Å². The predicted molar refractivity (Wildman–Crippen MR) is 90.3 cm³/mol. The van der Waals surface area contributed by atoms with E-state index in [9.17, 15) is 4.79 Å². The summed E-state index contributed by atoms with van der Waals surface area (Å²) in [4.78, 5) is 28.0. The Morgan fingerprint density at radius 2 is 1.87 bits per heavy atom. The molecule has 3 rings (SSSR count). The van der Waals surface area contributed by atoms with Crippen LogP contribution in [0.25, 0.3) is 22.3 Å². The van der Waals surface area contributed by atoms with E-state index in [4.69, 9.17) is 9.97 Å². The number of fused-ring (bicyclic) bond motifs is 1. The second-order valence-corrected chi connectivity index (χ2v) is 6.86. The molecule has 2 N–H and O–H groups in total. The van der Waals surface area contributed by atoms with E-state index < -0.39 is 0 Å². The summed E-state index contributed by atoms with van der Waals surface area (Å²) in [6.07, 6.45) is 3.49. The minimum atomic E-state index is -0.0625. The Kier molecular flexibility index (Phi) is 3.51. The number of rotatable bonds is 1. The van der Waals surface area contributed by atoms with Gasteiger partial charge in [-0.25, -0.2) is 9.97 Å². The lowest BCUT2D eigenvalue weighted by Crippen LogP contribution is -2.18. The van der Waals surface area contributed by atoms with E-state index in [-0.39, 0.29) is 10.8 Å². The first kappa shape index (κ1) is 15.3. The minimum absolute atomic E-state index is 0.0376. The SMILES string of the molecule is Cc1nc(C(C)(C)C)c(C)nc1-c1cc(=O)c2c[nH+]ccc2[nH]1. The standard InChI is InChI=1S/C18H20N4O/c1-10-16(20-11(2)17(21-10)18(3,4)5)14-8-15(23)12-9-19-7-6-13(12)22-14/h6-9H,1-5H3,(H,22,23)/p+1. The fraction of sp³-hybridized carbons (Fsp3) is 0.333. The van der Waals surface area contributed by atoms with Gasteiger partial charge >= 0.3 is 0 Å². The maximum absolute atomic E-state index is 12.3. The highest BCUT2D eigenvalue weighted by atomic mass is 16.1. The number of nitrogens with zero attached hydrogens (tertiary/aromatic N) is 2. The average molecular weight is 309 g/mol. The number of pyridine rings is 2. The fourth-order valence-electron chi connectivity index (χ4n) is 2.83. The van der Waals surface area contributed by atoms with Gasteiger partial charge in [0.2, 0.25) is 0 Å². The van der Waals surface area contributed by atoms with Gasteiger partial charge in [0.1, 0.15) is 11.1 Å². The van der Waals surface area contributed by atoms with Crippen LogP contribution in [-0.2, 0) is 5.41 Å². The van der Waals surface area contributed by atoms with Gasteiger partial charge in [-0.2, -0.15) is 0 Å². The molecule has 0 aliphatic carbocycles. The molecule has 3 aromatic rings. The van der Waals surface area contributed by atoms with Crippen molar-refractivity contribution in [3.63, 3.8) is 0 Å². The van der Waals surface area contributed by atoms with Gasteiger partial charge in [-0.1, -0.05) is 20.8 Å². The molecule has 5 nitrogen and oxygen atoms in total. The Labute approximate surface area is 134 Å². The number of H-pyrrole nitrogens is 2. The molecule has 0 aliphatic heterocycles. The highest BCUT2D eigenvalue weighted by Crippen LogP contribution is 2.26. The zero-order chi connectivity index (χ0) is 16.8. The van der Waals surface area contributed by atoms with Crippen molar-refractivity contribution in [1.29, 1.82) is 0 Å². The molecule has 3 aromatic heterocycles. The number of aromatic nitrogens is 4. The molecule has 0 spiro atoms. The van der Waals surface area contributed by atoms with Gasteiger partial charge in [0.25, 0.3) is 0 Å². The maximum atomic E-state index is 12.3. The van der Waals surface area contributed by atoms with Crippen molar-refractivity contribution < 1.29 is 4.98 Å². The van der Waals surface area contributed by atoms with Gasteiger partial charge in [0, 0.05) is 17.5 Å². The summed E-state index contributed by atoms with van der Waals surface area (Å²) in [5.41, 5.74) is 4.79. The Hall–Kier alpha value is -2.56. The zero-order valence-electron chi connectivity index (χ0n) is 14.1. The van der Waals surface area contributed by atoms with Crippen molar-refractivity contribution >= 4 is 10.9 Å². The second-order valence-electron chi connectivity index (χ2n) is 6.86. The van der Waals surface area contributed by atoms with Crippen LogP contribution in [0.4, 0.5) is 0 Å². The molecule has 3 heterocycles. The number of aromatic amines is 2. The highest BCUT2D eigenvalue weighted by molar-refractivity contribution is 5.79. The molecule has 0 atom stereocenters. The summed E-state index contributed by atoms with van der Waals surface area (Å²) in [5, 5.41) is 0.630. The topological polar surface area (TPSA) is 72.8 Å². The Bertz CT molecular complexity index is 951. The normalized spacial score (nSPS) is 11.9. The summed E-state index contributed by atoms with van der Waals surface area (Å²) >= 11 is 0. The van der Waals surface area contributed by atoms with Crippen molar-refractivity contribution in [2.75, 3.05) is 0 Å². The number of nitrogens with one attached hydrogen (secondary N) is 2. The Balaban J connectivity index is 2.24. The lowest BCUT2D eigenvalue weighted by Gasteiger charge is -2.21. The van der Waals surface area contributed by atoms with Gasteiger partial charge in [-0.15, -0.1) is 0 Å². The lowest BCUT2D eigenvalue weighted by atomic mass is 9.90. The summed E-state index contributed by atoms with van der Waals surface area (Å²) in [5.74, 6) is 0. The third kappa shape index (κ3) is 2.74. The molecular formula is C18H21N4O+. The van der Waals surface area contributed by atoms with Gasteiger partial charge < -0.3 is 4.98 Å². The number of hydrogen-bond acceptors (Lipinski definition) is 3. The van der Waals surface area contributed by atoms with Crippen LogP contribution in [0.2, 0.25) is 0 Å².